The Labute approximate surface area is 140 Å². The van der Waals surface area contributed by atoms with Gasteiger partial charge in [-0.2, -0.15) is 8.42 Å². The van der Waals surface area contributed by atoms with E-state index in [1.54, 1.807) is 43.3 Å². The van der Waals surface area contributed by atoms with Crippen LogP contribution in [-0.2, 0) is 10.0 Å². The van der Waals surface area contributed by atoms with Crippen molar-refractivity contribution in [2.45, 2.75) is 4.90 Å². The molecule has 0 unspecified atom stereocenters. The highest BCUT2D eigenvalue weighted by atomic mass is 35.5. The van der Waals surface area contributed by atoms with Crippen molar-refractivity contribution in [2.75, 3.05) is 14.1 Å². The van der Waals surface area contributed by atoms with Crippen molar-refractivity contribution in [1.82, 2.24) is 4.90 Å². The van der Waals surface area contributed by atoms with Gasteiger partial charge in [-0.15, -0.1) is 4.40 Å². The molecule has 0 N–H and O–H groups in total. The average Bonchev–Trinajstić information content (AvgIpc) is 2.46. The van der Waals surface area contributed by atoms with Crippen LogP contribution in [0, 0.1) is 0 Å². The Bertz CT molecular complexity index is 801. The third-order valence-corrected chi connectivity index (χ3v) is 4.72. The van der Waals surface area contributed by atoms with E-state index in [4.69, 9.17) is 23.2 Å². The molecule has 0 aliphatic heterocycles. The Morgan fingerprint density at radius 3 is 2.14 bits per heavy atom. The van der Waals surface area contributed by atoms with Crippen LogP contribution >= 0.6 is 23.2 Å². The summed E-state index contributed by atoms with van der Waals surface area (Å²) in [5.74, 6) is 0.264. The average molecular weight is 357 g/mol. The number of sulfonamides is 1. The number of nitrogens with zero attached hydrogens (tertiary/aromatic N) is 2. The summed E-state index contributed by atoms with van der Waals surface area (Å²) in [6.45, 7) is 0. The minimum atomic E-state index is -3.86. The molecule has 2 aromatic carbocycles. The van der Waals surface area contributed by atoms with Crippen molar-refractivity contribution in [1.29, 1.82) is 0 Å². The van der Waals surface area contributed by atoms with Crippen LogP contribution in [0.4, 0.5) is 0 Å². The first-order valence-electron chi connectivity index (χ1n) is 6.34. The van der Waals surface area contributed by atoms with Crippen molar-refractivity contribution in [2.24, 2.45) is 4.40 Å². The third kappa shape index (κ3) is 3.80. The fourth-order valence-corrected chi connectivity index (χ4v) is 3.21. The summed E-state index contributed by atoms with van der Waals surface area (Å²) in [6, 6.07) is 12.8. The molecule has 2 aromatic rings. The zero-order valence-corrected chi connectivity index (χ0v) is 14.3. The molecule has 0 aliphatic carbocycles. The molecule has 7 heteroatoms. The topological polar surface area (TPSA) is 49.7 Å². The second kappa shape index (κ2) is 6.69. The lowest BCUT2D eigenvalue weighted by Crippen LogP contribution is -2.24. The monoisotopic (exact) mass is 356 g/mol. The Hall–Kier alpha value is -1.56. The van der Waals surface area contributed by atoms with E-state index < -0.39 is 10.0 Å². The van der Waals surface area contributed by atoms with Crippen molar-refractivity contribution in [3.63, 3.8) is 0 Å². The molecule has 0 heterocycles. The fourth-order valence-electron chi connectivity index (χ4n) is 1.79. The van der Waals surface area contributed by atoms with Gasteiger partial charge >= 0.3 is 0 Å². The molecule has 116 valence electrons. The molecular weight excluding hydrogens is 343 g/mol. The van der Waals surface area contributed by atoms with Crippen LogP contribution < -0.4 is 0 Å². The van der Waals surface area contributed by atoms with Crippen molar-refractivity contribution >= 4 is 39.1 Å². The second-order valence-electron chi connectivity index (χ2n) is 4.72. The number of amidine groups is 1. The van der Waals surface area contributed by atoms with Crippen LogP contribution in [0.2, 0.25) is 10.0 Å². The molecule has 0 amide bonds. The van der Waals surface area contributed by atoms with Crippen LogP contribution in [0.25, 0.3) is 0 Å². The first-order valence-corrected chi connectivity index (χ1v) is 8.53. The molecule has 22 heavy (non-hydrogen) atoms. The Morgan fingerprint density at radius 2 is 1.59 bits per heavy atom. The van der Waals surface area contributed by atoms with E-state index in [-0.39, 0.29) is 10.7 Å². The van der Waals surface area contributed by atoms with Crippen LogP contribution in [0.15, 0.2) is 57.8 Å². The van der Waals surface area contributed by atoms with Crippen LogP contribution in [0.1, 0.15) is 5.56 Å². The Kier molecular flexibility index (Phi) is 5.11. The van der Waals surface area contributed by atoms with Gasteiger partial charge in [0.05, 0.1) is 9.92 Å². The van der Waals surface area contributed by atoms with Crippen molar-refractivity contribution in [3.8, 4) is 0 Å². The lowest BCUT2D eigenvalue weighted by Gasteiger charge is -2.17. The smallest absolute Gasteiger partial charge is 0.284 e. The number of halogens is 2. The molecule has 0 atom stereocenters. The van der Waals surface area contributed by atoms with Crippen LogP contribution in [0.3, 0.4) is 0 Å². The molecule has 0 spiro atoms. The van der Waals surface area contributed by atoms with Gasteiger partial charge in [-0.1, -0.05) is 35.3 Å². The number of hydrogen-bond acceptors (Lipinski definition) is 2. The van der Waals surface area contributed by atoms with E-state index in [0.29, 0.717) is 15.6 Å². The molecule has 0 aliphatic rings. The molecule has 4 nitrogen and oxygen atoms in total. The van der Waals surface area contributed by atoms with E-state index in [1.165, 1.54) is 24.3 Å². The molecule has 0 fully saturated rings. The number of benzene rings is 2. The summed E-state index contributed by atoms with van der Waals surface area (Å²) in [5, 5.41) is 0.892. The SMILES string of the molecule is CN(C)/C(=N\S(=O)(=O)c1ccc(Cl)cc1)c1ccccc1Cl. The highest BCUT2D eigenvalue weighted by Gasteiger charge is 2.18. The second-order valence-corrected chi connectivity index (χ2v) is 7.17. The molecule has 0 radical (unpaired) electrons. The summed E-state index contributed by atoms with van der Waals surface area (Å²) < 4.78 is 28.8. The van der Waals surface area contributed by atoms with Gasteiger partial charge in [0.15, 0.2) is 0 Å². The number of rotatable bonds is 3. The maximum Gasteiger partial charge on any atom is 0.284 e. The summed E-state index contributed by atoms with van der Waals surface area (Å²) in [5.41, 5.74) is 0.548. The predicted molar refractivity (Wildman–Crippen MR) is 90.3 cm³/mol. The summed E-state index contributed by atoms with van der Waals surface area (Å²) in [6.07, 6.45) is 0. The zero-order chi connectivity index (χ0) is 16.3. The maximum absolute atomic E-state index is 12.4. The lowest BCUT2D eigenvalue weighted by atomic mass is 10.2. The normalized spacial score (nSPS) is 12.3. The standard InChI is InChI=1S/C15H14Cl2N2O2S/c1-19(2)15(13-5-3-4-6-14(13)17)18-22(20,21)12-9-7-11(16)8-10-12/h3-10H,1-2H3/b18-15-. The minimum absolute atomic E-state index is 0.0725. The largest absolute Gasteiger partial charge is 0.362 e. The Morgan fingerprint density at radius 1 is 1.00 bits per heavy atom. The molecule has 2 rings (SSSR count). The predicted octanol–water partition coefficient (Wildman–Crippen LogP) is 3.69. The highest BCUT2D eigenvalue weighted by molar-refractivity contribution is 7.90. The minimum Gasteiger partial charge on any atom is -0.362 e. The van der Waals surface area contributed by atoms with E-state index in [1.807, 2.05) is 0 Å². The van der Waals surface area contributed by atoms with Gasteiger partial charge in [0.25, 0.3) is 10.0 Å². The zero-order valence-electron chi connectivity index (χ0n) is 12.0. The summed E-state index contributed by atoms with van der Waals surface area (Å²) in [7, 11) is -0.441. The van der Waals surface area contributed by atoms with Crippen LogP contribution in [0.5, 0.6) is 0 Å². The lowest BCUT2D eigenvalue weighted by molar-refractivity contribution is 0.592. The van der Waals surface area contributed by atoms with E-state index in [9.17, 15) is 8.42 Å². The first kappa shape index (κ1) is 16.8. The highest BCUT2D eigenvalue weighted by Crippen LogP contribution is 2.21. The van der Waals surface area contributed by atoms with Crippen LogP contribution in [-0.4, -0.2) is 33.2 Å². The summed E-state index contributed by atoms with van der Waals surface area (Å²) >= 11 is 11.9. The van der Waals surface area contributed by atoms with Gasteiger partial charge in [0.2, 0.25) is 0 Å². The van der Waals surface area contributed by atoms with E-state index in [2.05, 4.69) is 4.40 Å². The van der Waals surface area contributed by atoms with Crippen molar-refractivity contribution < 1.29 is 8.42 Å². The first-order chi connectivity index (χ1) is 10.3. The van der Waals surface area contributed by atoms with Gasteiger partial charge in [-0.25, -0.2) is 0 Å². The van der Waals surface area contributed by atoms with E-state index >= 15 is 0 Å². The molecular formula is C15H14Cl2N2O2S. The van der Waals surface area contributed by atoms with Gasteiger partial charge in [-0.3, -0.25) is 0 Å². The van der Waals surface area contributed by atoms with Crippen molar-refractivity contribution in [3.05, 3.63) is 64.1 Å². The Balaban J connectivity index is 2.55. The summed E-state index contributed by atoms with van der Waals surface area (Å²) in [4.78, 5) is 1.68. The molecule has 0 bridgehead atoms. The molecule has 0 saturated carbocycles. The van der Waals surface area contributed by atoms with Gasteiger partial charge < -0.3 is 4.90 Å². The van der Waals surface area contributed by atoms with Gasteiger partial charge in [0.1, 0.15) is 5.84 Å². The molecule has 0 saturated heterocycles. The van der Waals surface area contributed by atoms with Gasteiger partial charge in [0, 0.05) is 24.7 Å². The number of hydrogen-bond donors (Lipinski definition) is 0. The fraction of sp³-hybridized carbons (Fsp3) is 0.133. The quantitative estimate of drug-likeness (QED) is 0.622. The van der Waals surface area contributed by atoms with E-state index in [0.717, 1.165) is 0 Å². The van der Waals surface area contributed by atoms with Gasteiger partial charge in [-0.05, 0) is 36.4 Å². The molecule has 0 aromatic heterocycles. The third-order valence-electron chi connectivity index (χ3n) is 2.86. The maximum atomic E-state index is 12.4.